The van der Waals surface area contributed by atoms with Gasteiger partial charge in [0.2, 0.25) is 0 Å². The summed E-state index contributed by atoms with van der Waals surface area (Å²) in [4.78, 5) is 4.82. The highest BCUT2D eigenvalue weighted by Crippen LogP contribution is 2.23. The average molecular weight is 382 g/mol. The maximum absolute atomic E-state index is 5.64. The average Bonchev–Trinajstić information content (AvgIpc) is 2.67. The first-order valence-corrected chi connectivity index (χ1v) is 10.3. The zero-order valence-electron chi connectivity index (χ0n) is 16.7. The zero-order chi connectivity index (χ0) is 19.3. The molecule has 0 spiro atoms. The summed E-state index contributed by atoms with van der Waals surface area (Å²) in [6.07, 6.45) is 1.11. The maximum atomic E-state index is 5.64. The number of hydrogen-bond donors (Lipinski definition) is 1. The highest BCUT2D eigenvalue weighted by Gasteiger charge is 2.19. The molecule has 1 saturated heterocycles. The summed E-state index contributed by atoms with van der Waals surface area (Å²) in [5.74, 6) is 0. The first kappa shape index (κ1) is 19.8. The van der Waals surface area contributed by atoms with Crippen LogP contribution in [-0.4, -0.2) is 47.6 Å². The van der Waals surface area contributed by atoms with Gasteiger partial charge in [0.25, 0.3) is 0 Å². The Hall–Kier alpha value is -1.91. The lowest BCUT2D eigenvalue weighted by Gasteiger charge is -2.36. The van der Waals surface area contributed by atoms with Crippen LogP contribution in [0.4, 0.5) is 5.69 Å². The van der Waals surface area contributed by atoms with E-state index >= 15 is 0 Å². The van der Waals surface area contributed by atoms with Crippen molar-refractivity contribution in [3.8, 4) is 0 Å². The van der Waals surface area contributed by atoms with Gasteiger partial charge >= 0.3 is 0 Å². The third-order valence-electron chi connectivity index (χ3n) is 5.22. The molecule has 1 aliphatic heterocycles. The van der Waals surface area contributed by atoms with Crippen molar-refractivity contribution < 1.29 is 0 Å². The second kappa shape index (κ2) is 8.85. The van der Waals surface area contributed by atoms with Crippen LogP contribution in [0.1, 0.15) is 31.9 Å². The molecule has 1 fully saturated rings. The van der Waals surface area contributed by atoms with Gasteiger partial charge < -0.3 is 10.2 Å². The molecule has 2 aromatic carbocycles. The molecule has 144 valence electrons. The summed E-state index contributed by atoms with van der Waals surface area (Å²) in [6, 6.07) is 19.4. The van der Waals surface area contributed by atoms with E-state index in [0.29, 0.717) is 0 Å². The van der Waals surface area contributed by atoms with Crippen LogP contribution >= 0.6 is 12.2 Å². The van der Waals surface area contributed by atoms with E-state index in [-0.39, 0.29) is 5.41 Å². The van der Waals surface area contributed by atoms with E-state index in [2.05, 4.69) is 90.5 Å². The highest BCUT2D eigenvalue weighted by atomic mass is 32.1. The zero-order valence-corrected chi connectivity index (χ0v) is 17.6. The first-order chi connectivity index (χ1) is 12.9. The van der Waals surface area contributed by atoms with Crippen LogP contribution in [0.3, 0.4) is 0 Å². The molecule has 27 heavy (non-hydrogen) atoms. The molecule has 1 heterocycles. The van der Waals surface area contributed by atoms with Crippen LogP contribution in [0, 0.1) is 0 Å². The number of piperazine rings is 1. The SMILES string of the molecule is CC(C)(C)c1ccc(NC(=S)N2CCN(CCc3ccccc3)CC2)cc1. The number of nitrogens with one attached hydrogen (secondary N) is 1. The molecular formula is C23H31N3S. The molecule has 0 unspecified atom stereocenters. The van der Waals surface area contributed by atoms with Gasteiger partial charge in [0, 0.05) is 38.4 Å². The van der Waals surface area contributed by atoms with Crippen molar-refractivity contribution in [3.05, 3.63) is 65.7 Å². The Balaban J connectivity index is 1.44. The third kappa shape index (κ3) is 5.78. The minimum Gasteiger partial charge on any atom is -0.346 e. The molecule has 1 N–H and O–H groups in total. The summed E-state index contributed by atoms with van der Waals surface area (Å²) in [6.45, 7) is 11.9. The van der Waals surface area contributed by atoms with E-state index in [9.17, 15) is 0 Å². The standard InChI is InChI=1S/C23H31N3S/c1-23(2,3)20-9-11-21(12-10-20)24-22(27)26-17-15-25(16-18-26)14-13-19-7-5-4-6-8-19/h4-12H,13-18H2,1-3H3,(H,24,27). The van der Waals surface area contributed by atoms with E-state index in [1.54, 1.807) is 0 Å². The quantitative estimate of drug-likeness (QED) is 0.783. The fraction of sp³-hybridized carbons (Fsp3) is 0.435. The molecule has 0 bridgehead atoms. The van der Waals surface area contributed by atoms with E-state index in [1.807, 2.05) is 0 Å². The number of anilines is 1. The summed E-state index contributed by atoms with van der Waals surface area (Å²) in [5, 5.41) is 4.24. The third-order valence-corrected chi connectivity index (χ3v) is 5.58. The van der Waals surface area contributed by atoms with Gasteiger partial charge in [-0.15, -0.1) is 0 Å². The van der Waals surface area contributed by atoms with Crippen LogP contribution in [0.25, 0.3) is 0 Å². The van der Waals surface area contributed by atoms with Crippen molar-refractivity contribution in [2.45, 2.75) is 32.6 Å². The molecule has 4 heteroatoms. The van der Waals surface area contributed by atoms with E-state index in [1.165, 1.54) is 11.1 Å². The lowest BCUT2D eigenvalue weighted by Crippen LogP contribution is -2.50. The number of hydrogen-bond acceptors (Lipinski definition) is 2. The number of benzene rings is 2. The molecule has 0 radical (unpaired) electrons. The van der Waals surface area contributed by atoms with Crippen molar-refractivity contribution in [1.82, 2.24) is 9.80 Å². The van der Waals surface area contributed by atoms with Gasteiger partial charge in [0.05, 0.1) is 0 Å². The van der Waals surface area contributed by atoms with Gasteiger partial charge in [-0.3, -0.25) is 4.90 Å². The minimum absolute atomic E-state index is 0.176. The molecule has 0 atom stereocenters. The Bertz CT molecular complexity index is 726. The van der Waals surface area contributed by atoms with Crippen molar-refractivity contribution in [1.29, 1.82) is 0 Å². The minimum atomic E-state index is 0.176. The van der Waals surface area contributed by atoms with Crippen LogP contribution in [0.5, 0.6) is 0 Å². The monoisotopic (exact) mass is 381 g/mol. The summed E-state index contributed by atoms with van der Waals surface area (Å²) < 4.78 is 0. The van der Waals surface area contributed by atoms with E-state index < -0.39 is 0 Å². The Morgan fingerprint density at radius 1 is 0.926 bits per heavy atom. The second-order valence-corrected chi connectivity index (χ2v) is 8.71. The van der Waals surface area contributed by atoms with Crippen LogP contribution in [0.15, 0.2) is 54.6 Å². The first-order valence-electron chi connectivity index (χ1n) is 9.84. The lowest BCUT2D eigenvalue weighted by molar-refractivity contribution is 0.185. The Labute approximate surface area is 169 Å². The summed E-state index contributed by atoms with van der Waals surface area (Å²) in [5.41, 5.74) is 4.00. The lowest BCUT2D eigenvalue weighted by atomic mass is 9.87. The summed E-state index contributed by atoms with van der Waals surface area (Å²) >= 11 is 5.64. The smallest absolute Gasteiger partial charge is 0.173 e. The Morgan fingerprint density at radius 2 is 1.56 bits per heavy atom. The maximum Gasteiger partial charge on any atom is 0.173 e. The van der Waals surface area contributed by atoms with Gasteiger partial charge in [-0.1, -0.05) is 63.2 Å². The number of nitrogens with zero attached hydrogens (tertiary/aromatic N) is 2. The predicted molar refractivity (Wildman–Crippen MR) is 120 cm³/mol. The van der Waals surface area contributed by atoms with Crippen molar-refractivity contribution in [2.75, 3.05) is 38.0 Å². The fourth-order valence-corrected chi connectivity index (χ4v) is 3.66. The second-order valence-electron chi connectivity index (χ2n) is 8.32. The molecule has 3 rings (SSSR count). The van der Waals surface area contributed by atoms with Crippen molar-refractivity contribution in [2.24, 2.45) is 0 Å². The topological polar surface area (TPSA) is 18.5 Å². The fourth-order valence-electron chi connectivity index (χ4n) is 3.36. The molecule has 0 aromatic heterocycles. The molecule has 3 nitrogen and oxygen atoms in total. The van der Waals surface area contributed by atoms with Gasteiger partial charge in [0.15, 0.2) is 5.11 Å². The van der Waals surface area contributed by atoms with Crippen LogP contribution in [0.2, 0.25) is 0 Å². The number of rotatable bonds is 4. The Morgan fingerprint density at radius 3 is 2.15 bits per heavy atom. The van der Waals surface area contributed by atoms with Crippen molar-refractivity contribution >= 4 is 23.0 Å². The largest absolute Gasteiger partial charge is 0.346 e. The number of thiocarbonyl (C=S) groups is 1. The van der Waals surface area contributed by atoms with Gasteiger partial charge in [0.1, 0.15) is 0 Å². The van der Waals surface area contributed by atoms with Gasteiger partial charge in [-0.2, -0.15) is 0 Å². The van der Waals surface area contributed by atoms with E-state index in [4.69, 9.17) is 12.2 Å². The molecule has 2 aromatic rings. The summed E-state index contributed by atoms with van der Waals surface area (Å²) in [7, 11) is 0. The molecule has 0 amide bonds. The predicted octanol–water partition coefficient (Wildman–Crippen LogP) is 4.54. The van der Waals surface area contributed by atoms with E-state index in [0.717, 1.165) is 49.9 Å². The van der Waals surface area contributed by atoms with Crippen molar-refractivity contribution in [3.63, 3.8) is 0 Å². The molecule has 1 aliphatic rings. The normalized spacial score (nSPS) is 15.6. The molecule has 0 saturated carbocycles. The van der Waals surface area contributed by atoms with Crippen LogP contribution in [-0.2, 0) is 11.8 Å². The van der Waals surface area contributed by atoms with Crippen LogP contribution < -0.4 is 5.32 Å². The molecular weight excluding hydrogens is 350 g/mol. The van der Waals surface area contributed by atoms with Gasteiger partial charge in [-0.25, -0.2) is 0 Å². The Kier molecular flexibility index (Phi) is 6.51. The van der Waals surface area contributed by atoms with Gasteiger partial charge in [-0.05, 0) is 47.3 Å². The molecule has 0 aliphatic carbocycles. The highest BCUT2D eigenvalue weighted by molar-refractivity contribution is 7.80.